The van der Waals surface area contributed by atoms with Crippen molar-refractivity contribution in [2.45, 2.75) is 57.6 Å². The molecule has 1 amide bonds. The molecule has 0 saturated carbocycles. The Morgan fingerprint density at radius 1 is 1.30 bits per heavy atom. The van der Waals surface area contributed by atoms with Gasteiger partial charge in [0, 0.05) is 6.54 Å². The third-order valence-electron chi connectivity index (χ3n) is 5.10. The summed E-state index contributed by atoms with van der Waals surface area (Å²) >= 11 is 0. The van der Waals surface area contributed by atoms with Gasteiger partial charge in [-0.25, -0.2) is 0 Å². The Labute approximate surface area is 138 Å². The maximum atomic E-state index is 12.3. The predicted molar refractivity (Wildman–Crippen MR) is 91.3 cm³/mol. The summed E-state index contributed by atoms with van der Waals surface area (Å²) < 4.78 is 0. The van der Waals surface area contributed by atoms with E-state index in [0.29, 0.717) is 13.1 Å². The van der Waals surface area contributed by atoms with Crippen LogP contribution < -0.4 is 5.32 Å². The van der Waals surface area contributed by atoms with Crippen LogP contribution in [0.25, 0.3) is 0 Å². The molecule has 0 spiro atoms. The fraction of sp³-hybridized carbons (Fsp3) is 0.632. The lowest BCUT2D eigenvalue weighted by Crippen LogP contribution is -2.44. The normalized spacial score (nSPS) is 23.1. The number of hydrogen-bond donors (Lipinski definition) is 2. The number of aryl methyl sites for hydroxylation is 2. The van der Waals surface area contributed by atoms with Crippen molar-refractivity contribution in [3.63, 3.8) is 0 Å². The number of rotatable bonds is 4. The minimum atomic E-state index is -0.283. The number of β-amino-alcohol motifs (C(OH)–C–C–N with tert-alkyl or cyclic N) is 1. The fourth-order valence-electron chi connectivity index (χ4n) is 3.77. The van der Waals surface area contributed by atoms with E-state index in [2.05, 4.69) is 23.5 Å². The topological polar surface area (TPSA) is 52.6 Å². The summed E-state index contributed by atoms with van der Waals surface area (Å²) in [5.41, 5.74) is 4.12. The van der Waals surface area contributed by atoms with E-state index < -0.39 is 0 Å². The van der Waals surface area contributed by atoms with E-state index in [0.717, 1.165) is 25.8 Å². The van der Waals surface area contributed by atoms with Crippen LogP contribution in [0.5, 0.6) is 0 Å². The molecule has 0 radical (unpaired) electrons. The van der Waals surface area contributed by atoms with Gasteiger partial charge in [0.05, 0.1) is 18.7 Å². The Balaban J connectivity index is 1.55. The van der Waals surface area contributed by atoms with Gasteiger partial charge in [-0.05, 0) is 68.7 Å². The lowest BCUT2D eigenvalue weighted by molar-refractivity contribution is -0.123. The summed E-state index contributed by atoms with van der Waals surface area (Å²) in [6.45, 7) is 3.94. The van der Waals surface area contributed by atoms with E-state index in [1.54, 1.807) is 0 Å². The molecule has 23 heavy (non-hydrogen) atoms. The van der Waals surface area contributed by atoms with Gasteiger partial charge in [-0.3, -0.25) is 9.69 Å². The van der Waals surface area contributed by atoms with Gasteiger partial charge in [0.25, 0.3) is 0 Å². The molecular formula is C19H28N2O2. The number of nitrogens with zero attached hydrogens (tertiary/aromatic N) is 1. The second-order valence-electron chi connectivity index (χ2n) is 7.06. The van der Waals surface area contributed by atoms with Crippen molar-refractivity contribution < 1.29 is 9.90 Å². The molecule has 1 aliphatic carbocycles. The van der Waals surface area contributed by atoms with E-state index in [1.807, 2.05) is 11.8 Å². The van der Waals surface area contributed by atoms with Crippen molar-refractivity contribution in [3.8, 4) is 0 Å². The first-order valence-corrected chi connectivity index (χ1v) is 8.93. The van der Waals surface area contributed by atoms with Crippen LogP contribution in [0.1, 0.15) is 55.3 Å². The van der Waals surface area contributed by atoms with Crippen molar-refractivity contribution in [2.24, 2.45) is 0 Å². The fourth-order valence-corrected chi connectivity index (χ4v) is 3.77. The van der Waals surface area contributed by atoms with Crippen LogP contribution in [0.2, 0.25) is 0 Å². The first-order valence-electron chi connectivity index (χ1n) is 8.93. The Bertz CT molecular complexity index is 558. The van der Waals surface area contributed by atoms with Crippen molar-refractivity contribution in [1.29, 1.82) is 0 Å². The lowest BCUT2D eigenvalue weighted by atomic mass is 9.89. The van der Waals surface area contributed by atoms with Crippen LogP contribution in [-0.4, -0.2) is 41.7 Å². The molecule has 1 heterocycles. The molecule has 4 nitrogen and oxygen atoms in total. The molecule has 1 aliphatic heterocycles. The number of amides is 1. The molecule has 126 valence electrons. The number of piperidine rings is 1. The van der Waals surface area contributed by atoms with E-state index >= 15 is 0 Å². The zero-order valence-electron chi connectivity index (χ0n) is 14.1. The van der Waals surface area contributed by atoms with Crippen molar-refractivity contribution in [3.05, 3.63) is 34.9 Å². The number of fused-ring (bicyclic) bond motifs is 1. The Morgan fingerprint density at radius 3 is 2.87 bits per heavy atom. The summed E-state index contributed by atoms with van der Waals surface area (Å²) in [6.07, 6.45) is 6.45. The van der Waals surface area contributed by atoms with Gasteiger partial charge in [-0.2, -0.15) is 0 Å². The number of carbonyl (C=O) groups is 1. The average Bonchev–Trinajstić information content (AvgIpc) is 2.54. The summed E-state index contributed by atoms with van der Waals surface area (Å²) in [5, 5.41) is 12.8. The van der Waals surface area contributed by atoms with Crippen LogP contribution in [0, 0.1) is 0 Å². The monoisotopic (exact) mass is 316 g/mol. The van der Waals surface area contributed by atoms with Crippen molar-refractivity contribution >= 4 is 5.91 Å². The van der Waals surface area contributed by atoms with Crippen LogP contribution >= 0.6 is 0 Å². The second kappa shape index (κ2) is 7.45. The van der Waals surface area contributed by atoms with Gasteiger partial charge < -0.3 is 10.4 Å². The SMILES string of the molecule is CC(NC(=O)CN1CCCC(O)C1)c1ccc2c(c1)CCCC2. The minimum Gasteiger partial charge on any atom is -0.392 e. The number of nitrogens with one attached hydrogen (secondary N) is 1. The number of benzene rings is 1. The zero-order chi connectivity index (χ0) is 16.2. The zero-order valence-corrected chi connectivity index (χ0v) is 14.1. The first-order chi connectivity index (χ1) is 11.1. The summed E-state index contributed by atoms with van der Waals surface area (Å²) in [7, 11) is 0. The Hall–Kier alpha value is -1.39. The van der Waals surface area contributed by atoms with Crippen LogP contribution in [0.15, 0.2) is 18.2 Å². The Kier molecular flexibility index (Phi) is 5.34. The van der Waals surface area contributed by atoms with Gasteiger partial charge >= 0.3 is 0 Å². The summed E-state index contributed by atoms with van der Waals surface area (Å²) in [4.78, 5) is 14.3. The molecule has 2 aliphatic rings. The van der Waals surface area contributed by atoms with Gasteiger partial charge in [0.2, 0.25) is 5.91 Å². The summed E-state index contributed by atoms with van der Waals surface area (Å²) in [6, 6.07) is 6.68. The van der Waals surface area contributed by atoms with Crippen LogP contribution in [0.4, 0.5) is 0 Å². The predicted octanol–water partition coefficient (Wildman–Crippen LogP) is 2.20. The molecular weight excluding hydrogens is 288 g/mol. The molecule has 4 heteroatoms. The smallest absolute Gasteiger partial charge is 0.234 e. The lowest BCUT2D eigenvalue weighted by Gasteiger charge is -2.29. The van der Waals surface area contributed by atoms with E-state index in [9.17, 15) is 9.90 Å². The molecule has 2 N–H and O–H groups in total. The van der Waals surface area contributed by atoms with Gasteiger partial charge in [0.15, 0.2) is 0 Å². The molecule has 1 fully saturated rings. The number of aliphatic hydroxyl groups excluding tert-OH is 1. The highest BCUT2D eigenvalue weighted by molar-refractivity contribution is 5.78. The van der Waals surface area contributed by atoms with Crippen molar-refractivity contribution in [1.82, 2.24) is 10.2 Å². The molecule has 1 aromatic carbocycles. The highest BCUT2D eigenvalue weighted by Gasteiger charge is 2.21. The Morgan fingerprint density at radius 2 is 2.09 bits per heavy atom. The number of likely N-dealkylation sites (tertiary alicyclic amines) is 1. The molecule has 2 atom stereocenters. The van der Waals surface area contributed by atoms with Crippen molar-refractivity contribution in [2.75, 3.05) is 19.6 Å². The first kappa shape index (κ1) is 16.5. The second-order valence-corrected chi connectivity index (χ2v) is 7.06. The molecule has 1 saturated heterocycles. The number of hydrogen-bond acceptors (Lipinski definition) is 3. The molecule has 0 bridgehead atoms. The maximum Gasteiger partial charge on any atom is 0.234 e. The van der Waals surface area contributed by atoms with E-state index in [-0.39, 0.29) is 18.1 Å². The number of aliphatic hydroxyl groups is 1. The van der Waals surface area contributed by atoms with Gasteiger partial charge in [-0.15, -0.1) is 0 Å². The summed E-state index contributed by atoms with van der Waals surface area (Å²) in [5.74, 6) is 0.0457. The molecule has 0 aromatic heterocycles. The average molecular weight is 316 g/mol. The minimum absolute atomic E-state index is 0.0319. The van der Waals surface area contributed by atoms with Gasteiger partial charge in [-0.1, -0.05) is 18.2 Å². The third kappa shape index (κ3) is 4.33. The highest BCUT2D eigenvalue weighted by Crippen LogP contribution is 2.24. The molecule has 2 unspecified atom stereocenters. The van der Waals surface area contributed by atoms with E-state index in [1.165, 1.54) is 36.0 Å². The standard InChI is InChI=1S/C19H28N2O2/c1-14(16-9-8-15-5-2-3-6-17(15)11-16)20-19(23)13-21-10-4-7-18(22)12-21/h8-9,11,14,18,22H,2-7,10,12-13H2,1H3,(H,20,23). The largest absolute Gasteiger partial charge is 0.392 e. The van der Waals surface area contributed by atoms with Crippen LogP contribution in [-0.2, 0) is 17.6 Å². The quantitative estimate of drug-likeness (QED) is 0.895. The van der Waals surface area contributed by atoms with Crippen LogP contribution in [0.3, 0.4) is 0 Å². The molecule has 1 aromatic rings. The van der Waals surface area contributed by atoms with E-state index in [4.69, 9.17) is 0 Å². The number of carbonyl (C=O) groups excluding carboxylic acids is 1. The highest BCUT2D eigenvalue weighted by atomic mass is 16.3. The van der Waals surface area contributed by atoms with Gasteiger partial charge in [0.1, 0.15) is 0 Å². The molecule has 3 rings (SSSR count). The third-order valence-corrected chi connectivity index (χ3v) is 5.10. The maximum absolute atomic E-state index is 12.3.